The highest BCUT2D eigenvalue weighted by molar-refractivity contribution is 5.24. The Hall–Kier alpha value is -0.920. The minimum Gasteiger partial charge on any atom is -0.224 e. The van der Waals surface area contributed by atoms with Crippen LogP contribution in [0.1, 0.15) is 49.8 Å². The van der Waals surface area contributed by atoms with Gasteiger partial charge in [-0.15, -0.1) is 0 Å². The third-order valence-electron chi connectivity index (χ3n) is 2.51. The molecule has 1 saturated carbocycles. The predicted octanol–water partition coefficient (Wildman–Crippen LogP) is 3.22. The Morgan fingerprint density at radius 2 is 2.08 bits per heavy atom. The van der Waals surface area contributed by atoms with E-state index in [1.54, 1.807) is 0 Å². The molecule has 0 amide bonds. The van der Waals surface area contributed by atoms with Crippen LogP contribution in [-0.4, -0.2) is 4.98 Å². The van der Waals surface area contributed by atoms with Gasteiger partial charge in [-0.1, -0.05) is 19.9 Å². The molecule has 0 aliphatic heterocycles. The molecule has 1 aromatic rings. The van der Waals surface area contributed by atoms with Gasteiger partial charge in [0, 0.05) is 11.3 Å². The second-order valence-corrected chi connectivity index (χ2v) is 4.05. The van der Waals surface area contributed by atoms with E-state index in [2.05, 4.69) is 4.98 Å². The summed E-state index contributed by atoms with van der Waals surface area (Å²) in [6.07, 6.45) is 2.25. The molecule has 0 aromatic carbocycles. The molecule has 0 radical (unpaired) electrons. The molecule has 13 heavy (non-hydrogen) atoms. The van der Waals surface area contributed by atoms with Crippen LogP contribution in [0.15, 0.2) is 12.1 Å². The number of hydrogen-bond acceptors (Lipinski definition) is 1. The number of halogens is 1. The summed E-state index contributed by atoms with van der Waals surface area (Å²) in [6, 6.07) is 3.84. The maximum Gasteiger partial charge on any atom is 0.216 e. The molecule has 0 spiro atoms. The van der Waals surface area contributed by atoms with Gasteiger partial charge in [-0.3, -0.25) is 0 Å². The lowest BCUT2D eigenvalue weighted by Gasteiger charge is -2.06. The van der Waals surface area contributed by atoms with E-state index in [9.17, 15) is 4.39 Å². The number of nitrogens with zero attached hydrogens (tertiary/aromatic N) is 1. The topological polar surface area (TPSA) is 12.9 Å². The van der Waals surface area contributed by atoms with Gasteiger partial charge >= 0.3 is 0 Å². The van der Waals surface area contributed by atoms with Crippen molar-refractivity contribution in [2.45, 2.75) is 38.5 Å². The first-order chi connectivity index (χ1) is 6.18. The number of hydrogen-bond donors (Lipinski definition) is 0. The van der Waals surface area contributed by atoms with Crippen LogP contribution >= 0.6 is 0 Å². The van der Waals surface area contributed by atoms with Crippen molar-refractivity contribution in [3.63, 3.8) is 0 Å². The van der Waals surface area contributed by atoms with Crippen LogP contribution in [-0.2, 0) is 0 Å². The average Bonchev–Trinajstić information content (AvgIpc) is 2.87. The molecule has 1 aliphatic carbocycles. The lowest BCUT2D eigenvalue weighted by Crippen LogP contribution is -1.98. The van der Waals surface area contributed by atoms with Crippen molar-refractivity contribution in [2.75, 3.05) is 0 Å². The standard InChI is InChI=1S/C11H14FN/c1-7(2)10-6-5-9(8-3-4-8)11(12)13-10/h5-8H,3-4H2,1-2H3. The van der Waals surface area contributed by atoms with E-state index in [4.69, 9.17) is 0 Å². The Morgan fingerprint density at radius 3 is 2.54 bits per heavy atom. The molecule has 1 nitrogen and oxygen atoms in total. The molecule has 0 bridgehead atoms. The van der Waals surface area contributed by atoms with Crippen LogP contribution in [0.2, 0.25) is 0 Å². The monoisotopic (exact) mass is 179 g/mol. The van der Waals surface area contributed by atoms with E-state index in [1.807, 2.05) is 26.0 Å². The summed E-state index contributed by atoms with van der Waals surface area (Å²) in [5, 5.41) is 0. The van der Waals surface area contributed by atoms with Gasteiger partial charge in [-0.25, -0.2) is 4.98 Å². The second kappa shape index (κ2) is 3.09. The summed E-state index contributed by atoms with van der Waals surface area (Å²) < 4.78 is 13.4. The van der Waals surface area contributed by atoms with Crippen LogP contribution in [0, 0.1) is 5.95 Å². The van der Waals surface area contributed by atoms with Crippen molar-refractivity contribution in [2.24, 2.45) is 0 Å². The molecular weight excluding hydrogens is 165 g/mol. The number of rotatable bonds is 2. The zero-order valence-electron chi connectivity index (χ0n) is 8.05. The molecule has 1 aromatic heterocycles. The van der Waals surface area contributed by atoms with E-state index in [1.165, 1.54) is 0 Å². The first kappa shape index (κ1) is 8.67. The van der Waals surface area contributed by atoms with Crippen molar-refractivity contribution in [3.8, 4) is 0 Å². The molecular formula is C11H14FN. The Kier molecular flexibility index (Phi) is 2.06. The maximum absolute atomic E-state index is 13.4. The average molecular weight is 179 g/mol. The quantitative estimate of drug-likeness (QED) is 0.635. The summed E-state index contributed by atoms with van der Waals surface area (Å²) in [5.41, 5.74) is 1.66. The van der Waals surface area contributed by atoms with Crippen molar-refractivity contribution in [1.82, 2.24) is 4.98 Å². The largest absolute Gasteiger partial charge is 0.224 e. The van der Waals surface area contributed by atoms with E-state index >= 15 is 0 Å². The maximum atomic E-state index is 13.4. The summed E-state index contributed by atoms with van der Waals surface area (Å²) >= 11 is 0. The lowest BCUT2D eigenvalue weighted by molar-refractivity contribution is 0.556. The second-order valence-electron chi connectivity index (χ2n) is 4.05. The van der Waals surface area contributed by atoms with Crippen LogP contribution in [0.3, 0.4) is 0 Å². The van der Waals surface area contributed by atoms with Gasteiger partial charge in [0.25, 0.3) is 0 Å². The summed E-state index contributed by atoms with van der Waals surface area (Å²) in [6.45, 7) is 4.05. The molecule has 1 heterocycles. The number of aromatic nitrogens is 1. The number of pyridine rings is 1. The normalized spacial score (nSPS) is 16.6. The highest BCUT2D eigenvalue weighted by Gasteiger charge is 2.27. The van der Waals surface area contributed by atoms with E-state index < -0.39 is 0 Å². The summed E-state index contributed by atoms with van der Waals surface area (Å²) in [4.78, 5) is 3.97. The van der Waals surface area contributed by atoms with Crippen LogP contribution < -0.4 is 0 Å². The molecule has 0 atom stereocenters. The molecule has 0 saturated heterocycles. The van der Waals surface area contributed by atoms with E-state index in [0.717, 1.165) is 24.1 Å². The summed E-state index contributed by atoms with van der Waals surface area (Å²) in [5.74, 6) is 0.505. The SMILES string of the molecule is CC(C)c1ccc(C2CC2)c(F)n1. The highest BCUT2D eigenvalue weighted by Crippen LogP contribution is 2.40. The van der Waals surface area contributed by atoms with Gasteiger partial charge in [0.2, 0.25) is 5.95 Å². The van der Waals surface area contributed by atoms with Crippen LogP contribution in [0.25, 0.3) is 0 Å². The van der Waals surface area contributed by atoms with Gasteiger partial charge in [-0.05, 0) is 30.7 Å². The van der Waals surface area contributed by atoms with E-state index in [-0.39, 0.29) is 5.95 Å². The van der Waals surface area contributed by atoms with Crippen LogP contribution in [0.4, 0.5) is 4.39 Å². The smallest absolute Gasteiger partial charge is 0.216 e. The van der Waals surface area contributed by atoms with Gasteiger partial charge in [-0.2, -0.15) is 4.39 Å². The Morgan fingerprint density at radius 1 is 1.38 bits per heavy atom. The fraction of sp³-hybridized carbons (Fsp3) is 0.545. The Bertz CT molecular complexity index is 316. The van der Waals surface area contributed by atoms with Gasteiger partial charge in [0.05, 0.1) is 0 Å². The minimum atomic E-state index is -0.256. The van der Waals surface area contributed by atoms with Gasteiger partial charge < -0.3 is 0 Å². The fourth-order valence-corrected chi connectivity index (χ4v) is 1.48. The molecule has 2 heteroatoms. The lowest BCUT2D eigenvalue weighted by atomic mass is 10.1. The first-order valence-electron chi connectivity index (χ1n) is 4.85. The molecule has 70 valence electrons. The van der Waals surface area contributed by atoms with Crippen molar-refractivity contribution < 1.29 is 4.39 Å². The molecule has 0 unspecified atom stereocenters. The first-order valence-corrected chi connectivity index (χ1v) is 4.85. The molecule has 1 aliphatic rings. The zero-order valence-corrected chi connectivity index (χ0v) is 8.05. The van der Waals surface area contributed by atoms with E-state index in [0.29, 0.717) is 11.8 Å². The van der Waals surface area contributed by atoms with Gasteiger partial charge in [0.15, 0.2) is 0 Å². The predicted molar refractivity (Wildman–Crippen MR) is 50.3 cm³/mol. The third-order valence-corrected chi connectivity index (χ3v) is 2.51. The molecule has 2 rings (SSSR count). The van der Waals surface area contributed by atoms with Crippen molar-refractivity contribution >= 4 is 0 Å². The minimum absolute atomic E-state index is 0.256. The third kappa shape index (κ3) is 1.71. The van der Waals surface area contributed by atoms with Gasteiger partial charge in [0.1, 0.15) is 0 Å². The molecule has 1 fully saturated rings. The van der Waals surface area contributed by atoms with Crippen molar-refractivity contribution in [1.29, 1.82) is 0 Å². The zero-order chi connectivity index (χ0) is 9.42. The van der Waals surface area contributed by atoms with Crippen molar-refractivity contribution in [3.05, 3.63) is 29.3 Å². The van der Waals surface area contributed by atoms with Crippen LogP contribution in [0.5, 0.6) is 0 Å². The highest BCUT2D eigenvalue weighted by atomic mass is 19.1. The molecule has 0 N–H and O–H groups in total. The Balaban J connectivity index is 2.31. The fourth-order valence-electron chi connectivity index (χ4n) is 1.48. The Labute approximate surface area is 78.0 Å². The summed E-state index contributed by atoms with van der Waals surface area (Å²) in [7, 11) is 0.